The molecule has 0 radical (unpaired) electrons. The van der Waals surface area contributed by atoms with Crippen LogP contribution in [-0.2, 0) is 11.0 Å². The fraction of sp³-hybridized carbons (Fsp3) is 0.529. The van der Waals surface area contributed by atoms with Crippen molar-refractivity contribution in [2.45, 2.75) is 25.4 Å². The Labute approximate surface area is 143 Å². The van der Waals surface area contributed by atoms with E-state index in [9.17, 15) is 22.8 Å². The lowest BCUT2D eigenvalue weighted by Crippen LogP contribution is -2.34. The van der Waals surface area contributed by atoms with E-state index in [0.717, 1.165) is 25.1 Å². The lowest BCUT2D eigenvalue weighted by atomic mass is 10.1. The molecular weight excluding hydrogens is 335 g/mol. The molecule has 1 N–H and O–H groups in total. The highest BCUT2D eigenvalue weighted by Gasteiger charge is 2.34. The van der Waals surface area contributed by atoms with E-state index in [0.29, 0.717) is 39.0 Å². The van der Waals surface area contributed by atoms with Gasteiger partial charge in [-0.25, -0.2) is 0 Å². The van der Waals surface area contributed by atoms with E-state index in [1.54, 1.807) is 4.90 Å². The van der Waals surface area contributed by atoms with Crippen LogP contribution in [0.1, 0.15) is 35.2 Å². The van der Waals surface area contributed by atoms with Crippen LogP contribution < -0.4 is 10.2 Å². The summed E-state index contributed by atoms with van der Waals surface area (Å²) >= 11 is 0. The fourth-order valence-electron chi connectivity index (χ4n) is 3.21. The number of carbonyl (C=O) groups is 2. The van der Waals surface area contributed by atoms with Crippen molar-refractivity contribution in [1.82, 2.24) is 10.2 Å². The number of nitrogens with one attached hydrogen (secondary N) is 1. The molecule has 0 bridgehead atoms. The Bertz CT molecular complexity index is 668. The van der Waals surface area contributed by atoms with Gasteiger partial charge in [0.25, 0.3) is 5.91 Å². The van der Waals surface area contributed by atoms with Gasteiger partial charge in [0.1, 0.15) is 0 Å². The van der Waals surface area contributed by atoms with Gasteiger partial charge in [-0.2, -0.15) is 13.2 Å². The second-order valence-corrected chi connectivity index (χ2v) is 6.31. The smallest absolute Gasteiger partial charge is 0.337 e. The van der Waals surface area contributed by atoms with Gasteiger partial charge in [0, 0.05) is 43.9 Å². The predicted octanol–water partition coefficient (Wildman–Crippen LogP) is 2.27. The molecule has 0 saturated carbocycles. The molecule has 2 heterocycles. The van der Waals surface area contributed by atoms with Gasteiger partial charge in [0.05, 0.1) is 5.56 Å². The number of benzene rings is 1. The van der Waals surface area contributed by atoms with Crippen LogP contribution in [0.3, 0.4) is 0 Å². The van der Waals surface area contributed by atoms with E-state index in [1.807, 2.05) is 0 Å². The number of carbonyl (C=O) groups excluding carboxylic acids is 2. The average Bonchev–Trinajstić information content (AvgIpc) is 2.83. The summed E-state index contributed by atoms with van der Waals surface area (Å²) in [5.41, 5.74) is -0.777. The maximum Gasteiger partial charge on any atom is 0.416 e. The molecule has 0 unspecified atom stereocenters. The monoisotopic (exact) mass is 355 g/mol. The Kier molecular flexibility index (Phi) is 4.99. The largest absolute Gasteiger partial charge is 0.416 e. The third-order valence-electron chi connectivity index (χ3n) is 4.50. The average molecular weight is 355 g/mol. The zero-order valence-electron chi connectivity index (χ0n) is 13.7. The highest BCUT2D eigenvalue weighted by atomic mass is 19.4. The molecule has 0 spiro atoms. The van der Waals surface area contributed by atoms with E-state index in [2.05, 4.69) is 5.32 Å². The summed E-state index contributed by atoms with van der Waals surface area (Å²) in [4.78, 5) is 27.5. The molecule has 136 valence electrons. The lowest BCUT2D eigenvalue weighted by molar-refractivity contribution is -0.137. The number of anilines is 1. The van der Waals surface area contributed by atoms with Crippen molar-refractivity contribution >= 4 is 17.5 Å². The first-order valence-corrected chi connectivity index (χ1v) is 8.39. The third-order valence-corrected chi connectivity index (χ3v) is 4.50. The molecule has 0 atom stereocenters. The lowest BCUT2D eigenvalue weighted by Gasteiger charge is -2.23. The maximum absolute atomic E-state index is 13.3. The molecule has 2 fully saturated rings. The number of amides is 2. The van der Waals surface area contributed by atoms with Crippen LogP contribution in [-0.4, -0.2) is 49.4 Å². The number of hydrogen-bond donors (Lipinski definition) is 1. The number of hydrogen-bond acceptors (Lipinski definition) is 3. The Morgan fingerprint density at radius 3 is 2.52 bits per heavy atom. The first-order valence-electron chi connectivity index (χ1n) is 8.39. The zero-order valence-corrected chi connectivity index (χ0v) is 13.7. The summed E-state index contributed by atoms with van der Waals surface area (Å²) in [6.07, 6.45) is -2.90. The first-order chi connectivity index (χ1) is 11.9. The van der Waals surface area contributed by atoms with E-state index in [-0.39, 0.29) is 17.2 Å². The number of rotatable bonds is 2. The van der Waals surface area contributed by atoms with Crippen LogP contribution in [0, 0.1) is 0 Å². The van der Waals surface area contributed by atoms with Crippen LogP contribution in [0.5, 0.6) is 0 Å². The topological polar surface area (TPSA) is 52.7 Å². The van der Waals surface area contributed by atoms with Crippen molar-refractivity contribution in [3.8, 4) is 0 Å². The van der Waals surface area contributed by atoms with Crippen molar-refractivity contribution in [3.05, 3.63) is 29.3 Å². The third kappa shape index (κ3) is 3.95. The highest BCUT2D eigenvalue weighted by molar-refractivity contribution is 5.99. The van der Waals surface area contributed by atoms with Gasteiger partial charge >= 0.3 is 6.18 Å². The van der Waals surface area contributed by atoms with Gasteiger partial charge in [-0.05, 0) is 37.6 Å². The minimum absolute atomic E-state index is 0.0218. The molecule has 0 aromatic heterocycles. The van der Waals surface area contributed by atoms with E-state index < -0.39 is 17.6 Å². The molecule has 5 nitrogen and oxygen atoms in total. The molecule has 2 aliphatic heterocycles. The van der Waals surface area contributed by atoms with Crippen molar-refractivity contribution in [2.75, 3.05) is 37.6 Å². The quantitative estimate of drug-likeness (QED) is 0.886. The van der Waals surface area contributed by atoms with Gasteiger partial charge < -0.3 is 15.1 Å². The zero-order chi connectivity index (χ0) is 18.0. The van der Waals surface area contributed by atoms with Gasteiger partial charge in [-0.15, -0.1) is 0 Å². The molecule has 8 heteroatoms. The fourth-order valence-corrected chi connectivity index (χ4v) is 3.21. The van der Waals surface area contributed by atoms with Crippen LogP contribution in [0.25, 0.3) is 0 Å². The molecule has 0 aliphatic carbocycles. The van der Waals surface area contributed by atoms with E-state index >= 15 is 0 Å². The summed E-state index contributed by atoms with van der Waals surface area (Å²) < 4.78 is 39.8. The van der Waals surface area contributed by atoms with Crippen LogP contribution in [0.15, 0.2) is 18.2 Å². The van der Waals surface area contributed by atoms with Crippen molar-refractivity contribution in [1.29, 1.82) is 0 Å². The molecule has 2 aliphatic rings. The second-order valence-electron chi connectivity index (χ2n) is 6.31. The first kappa shape index (κ1) is 17.7. The molecule has 2 amide bonds. The van der Waals surface area contributed by atoms with E-state index in [4.69, 9.17) is 0 Å². The van der Waals surface area contributed by atoms with Crippen LogP contribution in [0.2, 0.25) is 0 Å². The highest BCUT2D eigenvalue weighted by Crippen LogP contribution is 2.34. The normalized spacial score (nSPS) is 19.2. The summed E-state index contributed by atoms with van der Waals surface area (Å²) in [5.74, 6) is -0.639. The Hall–Kier alpha value is -2.09. The van der Waals surface area contributed by atoms with Gasteiger partial charge in [-0.1, -0.05) is 0 Å². The van der Waals surface area contributed by atoms with Gasteiger partial charge in [0.15, 0.2) is 0 Å². The Balaban J connectivity index is 1.96. The van der Waals surface area contributed by atoms with E-state index in [1.165, 1.54) is 11.0 Å². The second kappa shape index (κ2) is 7.03. The van der Waals surface area contributed by atoms with Gasteiger partial charge in [0.2, 0.25) is 5.91 Å². The summed E-state index contributed by atoms with van der Waals surface area (Å²) in [5, 5.41) is 3.15. The summed E-state index contributed by atoms with van der Waals surface area (Å²) in [7, 11) is 0. The number of alkyl halides is 3. The minimum Gasteiger partial charge on any atom is -0.337 e. The SMILES string of the molecule is O=C(c1cc(N2CCCC2=O)cc(C(F)(F)F)c1)N1CCCNCC1. The molecule has 1 aromatic carbocycles. The van der Waals surface area contributed by atoms with Crippen molar-refractivity contribution in [2.24, 2.45) is 0 Å². The number of halogens is 3. The maximum atomic E-state index is 13.3. The molecule has 1 aromatic rings. The summed E-state index contributed by atoms with van der Waals surface area (Å²) in [6.45, 7) is 2.72. The minimum atomic E-state index is -4.58. The van der Waals surface area contributed by atoms with Crippen molar-refractivity contribution in [3.63, 3.8) is 0 Å². The molecule has 2 saturated heterocycles. The molecule has 3 rings (SSSR count). The Morgan fingerprint density at radius 1 is 1.04 bits per heavy atom. The molecule has 25 heavy (non-hydrogen) atoms. The Morgan fingerprint density at radius 2 is 1.84 bits per heavy atom. The van der Waals surface area contributed by atoms with Gasteiger partial charge in [-0.3, -0.25) is 9.59 Å². The van der Waals surface area contributed by atoms with Crippen molar-refractivity contribution < 1.29 is 22.8 Å². The van der Waals surface area contributed by atoms with Crippen LogP contribution >= 0.6 is 0 Å². The standard InChI is InChI=1S/C17H20F3N3O2/c18-17(19,20)13-9-12(16(25)22-6-2-4-21-5-8-22)10-14(11-13)23-7-1-3-15(23)24/h9-11,21H,1-8H2. The summed E-state index contributed by atoms with van der Waals surface area (Å²) in [6, 6.07) is 3.23. The predicted molar refractivity (Wildman–Crippen MR) is 86.4 cm³/mol. The molecular formula is C17H20F3N3O2. The van der Waals surface area contributed by atoms with Crippen LogP contribution in [0.4, 0.5) is 18.9 Å². The number of nitrogens with zero attached hydrogens (tertiary/aromatic N) is 2.